The first-order valence-electron chi connectivity index (χ1n) is 28.6. The molecular formula is C55H101NO18. The van der Waals surface area contributed by atoms with Crippen molar-refractivity contribution < 1.29 is 89.4 Å². The van der Waals surface area contributed by atoms with E-state index >= 15 is 0 Å². The van der Waals surface area contributed by atoms with Crippen molar-refractivity contribution in [2.45, 2.75) is 291 Å². The van der Waals surface area contributed by atoms with Gasteiger partial charge in [-0.05, 0) is 32.1 Å². The van der Waals surface area contributed by atoms with Crippen LogP contribution < -0.4 is 5.32 Å². The molecule has 3 fully saturated rings. The molecule has 0 saturated carbocycles. The van der Waals surface area contributed by atoms with Crippen LogP contribution in [0.4, 0.5) is 0 Å². The molecule has 3 aliphatic heterocycles. The second-order valence-corrected chi connectivity index (χ2v) is 20.8. The lowest BCUT2D eigenvalue weighted by atomic mass is 9.96. The Labute approximate surface area is 441 Å². The first kappa shape index (κ1) is 66.5. The Morgan fingerprint density at radius 2 is 0.865 bits per heavy atom. The van der Waals surface area contributed by atoms with Crippen molar-refractivity contribution in [3.63, 3.8) is 0 Å². The lowest BCUT2D eigenvalue weighted by Gasteiger charge is -2.48. The molecule has 19 heteroatoms. The van der Waals surface area contributed by atoms with Crippen molar-refractivity contribution in [3.8, 4) is 0 Å². The quantitative estimate of drug-likeness (QED) is 0.0304. The van der Waals surface area contributed by atoms with E-state index in [1.165, 1.54) is 116 Å². The fourth-order valence-corrected chi connectivity index (χ4v) is 9.74. The van der Waals surface area contributed by atoms with Gasteiger partial charge >= 0.3 is 0 Å². The van der Waals surface area contributed by atoms with Gasteiger partial charge in [-0.25, -0.2) is 0 Å². The summed E-state index contributed by atoms with van der Waals surface area (Å²) in [5.74, 6) is -0.288. The number of aliphatic hydroxyl groups is 11. The normalized spacial score (nSPS) is 31.6. The average Bonchev–Trinajstić information content (AvgIpc) is 3.40. The molecular weight excluding hydrogens is 963 g/mol. The highest BCUT2D eigenvalue weighted by Crippen LogP contribution is 2.33. The minimum Gasteiger partial charge on any atom is -0.394 e. The smallest absolute Gasteiger partial charge is 0.220 e. The summed E-state index contributed by atoms with van der Waals surface area (Å²) in [6, 6.07) is -0.983. The maximum absolute atomic E-state index is 13.2. The molecule has 17 unspecified atom stereocenters. The molecule has 3 heterocycles. The van der Waals surface area contributed by atoms with Gasteiger partial charge in [0.25, 0.3) is 0 Å². The van der Waals surface area contributed by atoms with Crippen LogP contribution in [0.2, 0.25) is 0 Å². The predicted molar refractivity (Wildman–Crippen MR) is 277 cm³/mol. The summed E-state index contributed by atoms with van der Waals surface area (Å²) in [5.41, 5.74) is 0. The number of unbranched alkanes of at least 4 members (excludes halogenated alkanes) is 23. The fraction of sp³-hybridized carbons (Fsp3) is 0.909. The van der Waals surface area contributed by atoms with Crippen molar-refractivity contribution in [2.75, 3.05) is 26.4 Å². The fourth-order valence-electron chi connectivity index (χ4n) is 9.74. The predicted octanol–water partition coefficient (Wildman–Crippen LogP) is 3.98. The van der Waals surface area contributed by atoms with Gasteiger partial charge in [-0.1, -0.05) is 173 Å². The van der Waals surface area contributed by atoms with Crippen LogP contribution in [-0.4, -0.2) is 193 Å². The van der Waals surface area contributed by atoms with E-state index < -0.39 is 124 Å². The topological polar surface area (TPSA) is 307 Å². The molecule has 3 rings (SSSR count). The number of rotatable bonds is 41. The van der Waals surface area contributed by atoms with E-state index in [4.69, 9.17) is 28.4 Å². The highest BCUT2D eigenvalue weighted by molar-refractivity contribution is 5.76. The largest absolute Gasteiger partial charge is 0.394 e. The number of carbonyl (C=O) groups excluding carboxylic acids is 1. The van der Waals surface area contributed by atoms with Crippen LogP contribution in [0.15, 0.2) is 24.3 Å². The van der Waals surface area contributed by atoms with Gasteiger partial charge in [-0.15, -0.1) is 0 Å². The molecule has 1 amide bonds. The van der Waals surface area contributed by atoms with Gasteiger partial charge in [0.15, 0.2) is 18.9 Å². The van der Waals surface area contributed by atoms with E-state index in [0.29, 0.717) is 12.8 Å². The molecule has 12 N–H and O–H groups in total. The van der Waals surface area contributed by atoms with Crippen LogP contribution >= 0.6 is 0 Å². The van der Waals surface area contributed by atoms with Gasteiger partial charge in [0, 0.05) is 6.42 Å². The first-order valence-corrected chi connectivity index (χ1v) is 28.6. The van der Waals surface area contributed by atoms with E-state index in [9.17, 15) is 61.0 Å². The molecule has 0 aliphatic carbocycles. The molecule has 19 nitrogen and oxygen atoms in total. The minimum atomic E-state index is -1.98. The van der Waals surface area contributed by atoms with E-state index in [1.54, 1.807) is 6.08 Å². The van der Waals surface area contributed by atoms with Gasteiger partial charge in [-0.3, -0.25) is 4.79 Å². The van der Waals surface area contributed by atoms with Crippen LogP contribution in [0.5, 0.6) is 0 Å². The SMILES string of the molecule is CCCCCCCCCCCCCCC/C=C/CC/C=C/C(O)C(COC1OC(CO)C(OC2OC(CO)C(OC3OC(CO)C(O)C(O)C3O)C(O)C2O)C(O)C1O)NC(=O)CCCCCCCCCCCC. The number of hydrogen-bond acceptors (Lipinski definition) is 18. The van der Waals surface area contributed by atoms with Gasteiger partial charge in [-0.2, -0.15) is 0 Å². The molecule has 0 aromatic carbocycles. The Kier molecular flexibility index (Phi) is 35.6. The summed E-state index contributed by atoms with van der Waals surface area (Å²) in [4.78, 5) is 13.2. The maximum atomic E-state index is 13.2. The van der Waals surface area contributed by atoms with E-state index in [1.807, 2.05) is 6.08 Å². The van der Waals surface area contributed by atoms with Crippen molar-refractivity contribution in [3.05, 3.63) is 24.3 Å². The average molecular weight is 1060 g/mol. The first-order chi connectivity index (χ1) is 35.8. The van der Waals surface area contributed by atoms with E-state index in [0.717, 1.165) is 38.5 Å². The summed E-state index contributed by atoms with van der Waals surface area (Å²) in [5, 5.41) is 120. The lowest BCUT2D eigenvalue weighted by Crippen LogP contribution is -2.66. The monoisotopic (exact) mass is 1060 g/mol. The van der Waals surface area contributed by atoms with Gasteiger partial charge in [0.05, 0.1) is 38.6 Å². The molecule has 0 spiro atoms. The van der Waals surface area contributed by atoms with Crippen LogP contribution in [0.25, 0.3) is 0 Å². The molecule has 0 radical (unpaired) electrons. The van der Waals surface area contributed by atoms with Crippen LogP contribution in [0, 0.1) is 0 Å². The Morgan fingerprint density at radius 1 is 0.473 bits per heavy atom. The van der Waals surface area contributed by atoms with Crippen LogP contribution in [0.1, 0.15) is 187 Å². The third kappa shape index (κ3) is 24.1. The van der Waals surface area contributed by atoms with Crippen molar-refractivity contribution in [2.24, 2.45) is 0 Å². The maximum Gasteiger partial charge on any atom is 0.220 e. The molecule has 0 aromatic rings. The molecule has 3 aliphatic rings. The molecule has 3 saturated heterocycles. The number of amides is 1. The van der Waals surface area contributed by atoms with Crippen molar-refractivity contribution in [1.29, 1.82) is 0 Å². The Morgan fingerprint density at radius 3 is 1.35 bits per heavy atom. The molecule has 17 atom stereocenters. The zero-order valence-corrected chi connectivity index (χ0v) is 44.8. The second-order valence-electron chi connectivity index (χ2n) is 20.8. The molecule has 74 heavy (non-hydrogen) atoms. The molecule has 0 aromatic heterocycles. The highest BCUT2D eigenvalue weighted by Gasteiger charge is 2.53. The standard InChI is InChI=1S/C55H101NO18/c1-3-5-7-9-11-13-15-16-17-18-19-20-21-22-23-24-26-28-30-32-39(60)38(56-43(61)33-31-29-27-25-14-12-10-8-6-4-2)37-69-53-49(67)46(64)51(41(35-58)71-53)74-55-50(68)47(65)52(42(36-59)72-55)73-54-48(66)45(63)44(62)40(34-57)70-54/h23-24,30,32,38-42,44-55,57-60,62-68H,3-22,25-29,31,33-37H2,1-2H3,(H,56,61)/b24-23+,32-30+. The number of nitrogens with one attached hydrogen (secondary N) is 1. The molecule has 0 bridgehead atoms. The third-order valence-electron chi connectivity index (χ3n) is 14.5. The van der Waals surface area contributed by atoms with Gasteiger partial charge < -0.3 is 89.9 Å². The highest BCUT2D eigenvalue weighted by atomic mass is 16.8. The Balaban J connectivity index is 1.53. The number of aliphatic hydroxyl groups excluding tert-OH is 11. The summed E-state index contributed by atoms with van der Waals surface area (Å²) in [7, 11) is 0. The Hall–Kier alpha value is -1.73. The van der Waals surface area contributed by atoms with Crippen LogP contribution in [0.3, 0.4) is 0 Å². The Bertz CT molecular complexity index is 1460. The number of ether oxygens (including phenoxy) is 6. The summed E-state index contributed by atoms with van der Waals surface area (Å²) in [6.45, 7) is 1.67. The van der Waals surface area contributed by atoms with Gasteiger partial charge in [0.2, 0.25) is 5.91 Å². The van der Waals surface area contributed by atoms with Crippen molar-refractivity contribution in [1.82, 2.24) is 5.32 Å². The summed E-state index contributed by atoms with van der Waals surface area (Å²) >= 11 is 0. The van der Waals surface area contributed by atoms with Gasteiger partial charge in [0.1, 0.15) is 73.2 Å². The van der Waals surface area contributed by atoms with Crippen molar-refractivity contribution >= 4 is 5.91 Å². The van der Waals surface area contributed by atoms with E-state index in [-0.39, 0.29) is 18.9 Å². The minimum absolute atomic E-state index is 0.238. The zero-order chi connectivity index (χ0) is 54.1. The molecule has 434 valence electrons. The number of carbonyl (C=O) groups is 1. The third-order valence-corrected chi connectivity index (χ3v) is 14.5. The number of hydrogen-bond donors (Lipinski definition) is 12. The number of allylic oxidation sites excluding steroid dienone is 3. The second kappa shape index (κ2) is 39.6. The summed E-state index contributed by atoms with van der Waals surface area (Å²) < 4.78 is 34.1. The summed E-state index contributed by atoms with van der Waals surface area (Å²) in [6.07, 6.45) is 11.8. The van der Waals surface area contributed by atoms with E-state index in [2.05, 4.69) is 31.3 Å². The van der Waals surface area contributed by atoms with Crippen LogP contribution in [-0.2, 0) is 33.2 Å². The lowest BCUT2D eigenvalue weighted by molar-refractivity contribution is -0.379. The zero-order valence-electron chi connectivity index (χ0n) is 44.8.